The number of aryl methyl sites for hydroxylation is 1. The van der Waals surface area contributed by atoms with Crippen molar-refractivity contribution in [1.82, 2.24) is 29.9 Å². The molecule has 0 atom stereocenters. The maximum Gasteiger partial charge on any atom is 0.418 e. The van der Waals surface area contributed by atoms with Gasteiger partial charge in [-0.1, -0.05) is 6.07 Å². The average Bonchev–Trinajstić information content (AvgIpc) is 3.48. The third-order valence-corrected chi connectivity index (χ3v) is 6.19. The van der Waals surface area contributed by atoms with E-state index in [1.54, 1.807) is 29.1 Å². The molecule has 0 unspecified atom stereocenters. The fourth-order valence-corrected chi connectivity index (χ4v) is 4.36. The second-order valence-electron chi connectivity index (χ2n) is 7.54. The molecule has 5 rings (SSSR count). The van der Waals surface area contributed by atoms with Crippen LogP contribution in [0.4, 0.5) is 24.7 Å². The zero-order valence-electron chi connectivity index (χ0n) is 17.9. The van der Waals surface area contributed by atoms with Crippen LogP contribution in [-0.4, -0.2) is 35.9 Å². The number of nitrogens with zero attached hydrogens (tertiary/aromatic N) is 6. The van der Waals surface area contributed by atoms with E-state index in [-0.39, 0.29) is 0 Å². The van der Waals surface area contributed by atoms with Crippen LogP contribution in [0.3, 0.4) is 0 Å². The number of hydrogen-bond donors (Lipinski definition) is 2. The summed E-state index contributed by atoms with van der Waals surface area (Å²) in [7, 11) is 0. The second-order valence-corrected chi connectivity index (χ2v) is 8.42. The number of carbonyl (C=O) groups is 1. The van der Waals surface area contributed by atoms with E-state index >= 15 is 0 Å². The largest absolute Gasteiger partial charge is 0.418 e. The van der Waals surface area contributed by atoms with Gasteiger partial charge in [-0.05, 0) is 30.7 Å². The Morgan fingerprint density at radius 1 is 1.17 bits per heavy atom. The highest BCUT2D eigenvalue weighted by Gasteiger charge is 2.32. The first-order valence-electron chi connectivity index (χ1n) is 10.1. The van der Waals surface area contributed by atoms with Gasteiger partial charge in [0.1, 0.15) is 12.1 Å². The summed E-state index contributed by atoms with van der Waals surface area (Å²) in [5.41, 5.74) is 8.69. The Hall–Kier alpha value is -4.39. The first-order chi connectivity index (χ1) is 16.7. The van der Waals surface area contributed by atoms with E-state index in [2.05, 4.69) is 30.6 Å². The van der Waals surface area contributed by atoms with Crippen LogP contribution in [0.15, 0.2) is 54.6 Å². The Kier molecular flexibility index (Phi) is 5.40. The molecule has 13 heteroatoms. The molecule has 4 heterocycles. The number of fused-ring (bicyclic) bond motifs is 1. The van der Waals surface area contributed by atoms with Crippen molar-refractivity contribution in [1.29, 1.82) is 0 Å². The lowest BCUT2D eigenvalue weighted by atomic mass is 10.1. The maximum absolute atomic E-state index is 12.9. The Bertz CT molecular complexity index is 1580. The van der Waals surface area contributed by atoms with E-state index in [4.69, 9.17) is 5.73 Å². The lowest BCUT2D eigenvalue weighted by Gasteiger charge is -2.11. The van der Waals surface area contributed by atoms with Gasteiger partial charge in [0.2, 0.25) is 0 Å². The molecule has 0 aliphatic heterocycles. The van der Waals surface area contributed by atoms with E-state index < -0.39 is 23.3 Å². The van der Waals surface area contributed by atoms with Gasteiger partial charge in [0.25, 0.3) is 5.91 Å². The number of benzene rings is 1. The number of alkyl halides is 3. The van der Waals surface area contributed by atoms with Crippen LogP contribution in [0.5, 0.6) is 0 Å². The molecule has 4 aromatic heterocycles. The summed E-state index contributed by atoms with van der Waals surface area (Å²) < 4.78 is 41.2. The smallest absolute Gasteiger partial charge is 0.382 e. The molecule has 0 fully saturated rings. The molecule has 0 radical (unpaired) electrons. The van der Waals surface area contributed by atoms with Gasteiger partial charge in [0.15, 0.2) is 5.69 Å². The molecule has 35 heavy (non-hydrogen) atoms. The molecule has 0 spiro atoms. The number of carbonyl (C=O) groups excluding carboxylic acids is 1. The third kappa shape index (κ3) is 4.28. The number of halogens is 3. The van der Waals surface area contributed by atoms with Crippen LogP contribution < -0.4 is 11.1 Å². The standard InChI is InChI=1S/C22H15F3N8OS/c1-11-2-3-14(31-21(34)16-4-13(7-29-32-16)22(23,24)25)5-17(11)33-8-12(6-30-33)15-9-35-19-18(15)27-10-28-20(19)26/h2-10H,1H3,(H,31,34)(H2,26,27,28). The average molecular weight is 496 g/mol. The van der Waals surface area contributed by atoms with Gasteiger partial charge in [0, 0.05) is 28.4 Å². The molecule has 1 amide bonds. The van der Waals surface area contributed by atoms with Gasteiger partial charge < -0.3 is 11.1 Å². The minimum absolute atomic E-state index is 0.355. The molecule has 0 bridgehead atoms. The lowest BCUT2D eigenvalue weighted by Crippen LogP contribution is -2.17. The summed E-state index contributed by atoms with van der Waals surface area (Å²) >= 11 is 1.44. The molecule has 0 aliphatic carbocycles. The predicted molar refractivity (Wildman–Crippen MR) is 124 cm³/mol. The molecule has 5 aromatic rings. The SMILES string of the molecule is Cc1ccc(NC(=O)c2cc(C(F)(F)F)cnn2)cc1-n1cc(-c2csc3c(N)ncnc23)cn1. The van der Waals surface area contributed by atoms with Crippen molar-refractivity contribution in [3.63, 3.8) is 0 Å². The first-order valence-corrected chi connectivity index (χ1v) is 10.9. The zero-order chi connectivity index (χ0) is 24.7. The topological polar surface area (TPSA) is 124 Å². The third-order valence-electron chi connectivity index (χ3n) is 5.20. The van der Waals surface area contributed by atoms with Gasteiger partial charge >= 0.3 is 6.18 Å². The van der Waals surface area contributed by atoms with E-state index in [0.29, 0.717) is 29.5 Å². The summed E-state index contributed by atoms with van der Waals surface area (Å²) in [5.74, 6) is -0.412. The Morgan fingerprint density at radius 2 is 2.00 bits per heavy atom. The quantitative estimate of drug-likeness (QED) is 0.375. The number of nitrogen functional groups attached to an aromatic ring is 1. The Labute approximate surface area is 199 Å². The van der Waals surface area contributed by atoms with Crippen LogP contribution in [0, 0.1) is 6.92 Å². The highest BCUT2D eigenvalue weighted by Crippen LogP contribution is 2.35. The summed E-state index contributed by atoms with van der Waals surface area (Å²) in [5, 5.41) is 15.7. The number of anilines is 2. The van der Waals surface area contributed by atoms with E-state index in [1.165, 1.54) is 17.7 Å². The number of hydrogen-bond acceptors (Lipinski definition) is 8. The van der Waals surface area contributed by atoms with Gasteiger partial charge in [-0.3, -0.25) is 4.79 Å². The summed E-state index contributed by atoms with van der Waals surface area (Å²) in [6, 6.07) is 5.71. The van der Waals surface area contributed by atoms with Crippen molar-refractivity contribution in [2.75, 3.05) is 11.1 Å². The number of thiophene rings is 1. The van der Waals surface area contributed by atoms with Crippen molar-refractivity contribution in [3.8, 4) is 16.8 Å². The van der Waals surface area contributed by atoms with Gasteiger partial charge in [0.05, 0.1) is 33.9 Å². The highest BCUT2D eigenvalue weighted by molar-refractivity contribution is 7.18. The number of nitrogens with one attached hydrogen (secondary N) is 1. The molecule has 0 aliphatic rings. The first kappa shape index (κ1) is 22.4. The van der Waals surface area contributed by atoms with E-state index in [9.17, 15) is 18.0 Å². The molecular weight excluding hydrogens is 481 g/mol. The van der Waals surface area contributed by atoms with Gasteiger partial charge in [-0.15, -0.1) is 16.4 Å². The van der Waals surface area contributed by atoms with E-state index in [1.807, 2.05) is 18.5 Å². The molecule has 1 aromatic carbocycles. The number of nitrogens with two attached hydrogens (primary N) is 1. The van der Waals surface area contributed by atoms with Crippen LogP contribution >= 0.6 is 11.3 Å². The highest BCUT2D eigenvalue weighted by atomic mass is 32.1. The van der Waals surface area contributed by atoms with Gasteiger partial charge in [-0.25, -0.2) is 14.6 Å². The minimum Gasteiger partial charge on any atom is -0.382 e. The molecule has 176 valence electrons. The second kappa shape index (κ2) is 8.43. The van der Waals surface area contributed by atoms with Crippen molar-refractivity contribution < 1.29 is 18.0 Å². The number of amides is 1. The maximum atomic E-state index is 12.9. The predicted octanol–water partition coefficient (Wildman–Crippen LogP) is 4.50. The molecule has 0 saturated heterocycles. The molecule has 0 saturated carbocycles. The van der Waals surface area contributed by atoms with Crippen LogP contribution in [0.1, 0.15) is 21.6 Å². The van der Waals surface area contributed by atoms with Crippen molar-refractivity contribution in [2.24, 2.45) is 0 Å². The molecular formula is C22H15F3N8OS. The van der Waals surface area contributed by atoms with Gasteiger partial charge in [-0.2, -0.15) is 23.4 Å². The summed E-state index contributed by atoms with van der Waals surface area (Å²) in [6.07, 6.45) is 0.830. The zero-order valence-corrected chi connectivity index (χ0v) is 18.7. The van der Waals surface area contributed by atoms with Crippen molar-refractivity contribution in [2.45, 2.75) is 13.1 Å². The van der Waals surface area contributed by atoms with E-state index in [0.717, 1.165) is 26.9 Å². The Balaban J connectivity index is 1.43. The normalized spacial score (nSPS) is 11.7. The number of aromatic nitrogens is 6. The number of rotatable bonds is 4. The van der Waals surface area contributed by atoms with Crippen LogP contribution in [-0.2, 0) is 6.18 Å². The van der Waals surface area contributed by atoms with Crippen molar-refractivity contribution in [3.05, 3.63) is 71.4 Å². The summed E-state index contributed by atoms with van der Waals surface area (Å²) in [6.45, 7) is 1.87. The lowest BCUT2D eigenvalue weighted by molar-refractivity contribution is -0.137. The van der Waals surface area contributed by atoms with Crippen molar-refractivity contribution >= 4 is 39.0 Å². The van der Waals surface area contributed by atoms with Crippen LogP contribution in [0.2, 0.25) is 0 Å². The Morgan fingerprint density at radius 3 is 2.80 bits per heavy atom. The minimum atomic E-state index is -4.63. The van der Waals surface area contributed by atoms with Crippen LogP contribution in [0.25, 0.3) is 27.0 Å². The fraction of sp³-hybridized carbons (Fsp3) is 0.0909. The fourth-order valence-electron chi connectivity index (χ4n) is 3.43. The monoisotopic (exact) mass is 496 g/mol. The molecule has 3 N–H and O–H groups in total. The summed E-state index contributed by atoms with van der Waals surface area (Å²) in [4.78, 5) is 20.8. The molecule has 9 nitrogen and oxygen atoms in total.